The highest BCUT2D eigenvalue weighted by atomic mass is 16.1. The van der Waals surface area contributed by atoms with Crippen molar-refractivity contribution in [1.29, 1.82) is 0 Å². The van der Waals surface area contributed by atoms with Crippen molar-refractivity contribution in [3.63, 3.8) is 0 Å². The zero-order valence-corrected chi connectivity index (χ0v) is 18.8. The van der Waals surface area contributed by atoms with Gasteiger partial charge < -0.3 is 19.9 Å². The Labute approximate surface area is 202 Å². The summed E-state index contributed by atoms with van der Waals surface area (Å²) in [5.41, 5.74) is 5.44. The van der Waals surface area contributed by atoms with E-state index in [4.69, 9.17) is 0 Å². The van der Waals surface area contributed by atoms with Crippen molar-refractivity contribution in [3.8, 4) is 0 Å². The molecular weight excluding hydrogens is 452 g/mol. The minimum Gasteiger partial charge on any atom is -0.341 e. The average Bonchev–Trinajstić information content (AvgIpc) is 3.68. The number of nitrogens with zero attached hydrogens (tertiary/aromatic N) is 2. The molecule has 4 aromatic heterocycles. The fraction of sp³-hybridized carbons (Fsp3) is 0. The Morgan fingerprint density at radius 1 is 0.556 bits per heavy atom. The number of aromatic nitrogens is 6. The van der Waals surface area contributed by atoms with Gasteiger partial charge in [-0.3, -0.25) is 9.59 Å². The summed E-state index contributed by atoms with van der Waals surface area (Å²) in [7, 11) is 0. The van der Waals surface area contributed by atoms with Gasteiger partial charge in [-0.2, -0.15) is 0 Å². The van der Waals surface area contributed by atoms with Gasteiger partial charge in [0.25, 0.3) is 0 Å². The van der Waals surface area contributed by atoms with Gasteiger partial charge in [-0.05, 0) is 72.9 Å². The number of rotatable bonds is 0. The van der Waals surface area contributed by atoms with Crippen LogP contribution in [0.1, 0.15) is 22.6 Å². The molecule has 0 saturated heterocycles. The second kappa shape index (κ2) is 7.64. The number of H-pyrrole nitrogens is 4. The smallest absolute Gasteiger partial charge is 0.197 e. The normalized spacial score (nSPS) is 13.3. The molecule has 0 saturated carbocycles. The molecule has 172 valence electrons. The largest absolute Gasteiger partial charge is 0.341 e. The third-order valence-corrected chi connectivity index (χ3v) is 6.35. The van der Waals surface area contributed by atoms with Crippen molar-refractivity contribution in [3.05, 3.63) is 102 Å². The van der Waals surface area contributed by atoms with Gasteiger partial charge in [0, 0.05) is 21.6 Å². The van der Waals surface area contributed by atoms with Gasteiger partial charge in [0.05, 0.1) is 22.2 Å². The summed E-state index contributed by atoms with van der Waals surface area (Å²) in [6, 6.07) is 11.1. The highest BCUT2D eigenvalue weighted by Gasteiger charge is 2.10. The minimum absolute atomic E-state index is 0.0916. The molecule has 3 aliphatic rings. The second-order valence-corrected chi connectivity index (χ2v) is 8.62. The van der Waals surface area contributed by atoms with Crippen molar-refractivity contribution in [2.24, 2.45) is 0 Å². The van der Waals surface area contributed by atoms with E-state index in [9.17, 15) is 9.59 Å². The third kappa shape index (κ3) is 3.24. The number of allylic oxidation sites excluding steroid dienone is 2. The summed E-state index contributed by atoms with van der Waals surface area (Å²) in [4.78, 5) is 48.8. The van der Waals surface area contributed by atoms with Gasteiger partial charge in [-0.15, -0.1) is 0 Å². The van der Waals surface area contributed by atoms with Gasteiger partial charge >= 0.3 is 0 Å². The first-order chi connectivity index (χ1) is 17.6. The van der Waals surface area contributed by atoms with Crippen LogP contribution < -0.4 is 21.3 Å². The molecule has 5 heterocycles. The first-order valence-corrected chi connectivity index (χ1v) is 11.4. The Morgan fingerprint density at radius 3 is 1.92 bits per heavy atom. The average molecular weight is 470 g/mol. The highest BCUT2D eigenvalue weighted by Crippen LogP contribution is 2.14. The van der Waals surface area contributed by atoms with Crippen LogP contribution in [0.4, 0.5) is 0 Å². The lowest BCUT2D eigenvalue weighted by Crippen LogP contribution is -2.27. The fourth-order valence-electron chi connectivity index (χ4n) is 4.60. The number of fused-ring (bicyclic) bond motifs is 16. The quantitative estimate of drug-likeness (QED) is 0.278. The van der Waals surface area contributed by atoms with Gasteiger partial charge in [0.1, 0.15) is 16.9 Å². The molecule has 0 unspecified atom stereocenters. The lowest BCUT2D eigenvalue weighted by Gasteiger charge is -1.96. The van der Waals surface area contributed by atoms with Crippen molar-refractivity contribution in [2.75, 3.05) is 0 Å². The first-order valence-electron chi connectivity index (χ1n) is 11.4. The van der Waals surface area contributed by atoms with E-state index in [0.29, 0.717) is 66.6 Å². The number of aromatic amines is 4. The maximum atomic E-state index is 13.3. The van der Waals surface area contributed by atoms with Gasteiger partial charge in [-0.25, -0.2) is 9.97 Å². The van der Waals surface area contributed by atoms with Crippen LogP contribution in [-0.4, -0.2) is 29.9 Å². The monoisotopic (exact) mass is 470 g/mol. The molecular formula is C28H18N6O2. The molecule has 0 atom stereocenters. The Morgan fingerprint density at radius 2 is 1.19 bits per heavy atom. The van der Waals surface area contributed by atoms with Gasteiger partial charge in [0.2, 0.25) is 0 Å². The molecule has 1 aliphatic heterocycles. The van der Waals surface area contributed by atoms with E-state index in [-0.39, 0.29) is 10.9 Å². The summed E-state index contributed by atoms with van der Waals surface area (Å²) >= 11 is 0. The molecule has 36 heavy (non-hydrogen) atoms. The molecule has 0 spiro atoms. The van der Waals surface area contributed by atoms with Crippen molar-refractivity contribution >= 4 is 69.9 Å². The first kappa shape index (κ1) is 20.2. The Hall–Kier alpha value is -5.24. The maximum Gasteiger partial charge on any atom is 0.197 e. The number of hydrogen-bond acceptors (Lipinski definition) is 4. The van der Waals surface area contributed by atoms with Gasteiger partial charge in [-0.1, -0.05) is 12.2 Å². The van der Waals surface area contributed by atoms with Crippen molar-refractivity contribution < 1.29 is 0 Å². The van der Waals surface area contributed by atoms with Crippen molar-refractivity contribution in [2.45, 2.75) is 0 Å². The number of nitrogens with one attached hydrogen (secondary N) is 4. The molecule has 0 aromatic carbocycles. The van der Waals surface area contributed by atoms with Crippen LogP contribution in [-0.2, 0) is 0 Å². The van der Waals surface area contributed by atoms with E-state index in [2.05, 4.69) is 29.9 Å². The summed E-state index contributed by atoms with van der Waals surface area (Å²) < 4.78 is 0. The summed E-state index contributed by atoms with van der Waals surface area (Å²) in [5.74, 6) is 0.471. The molecule has 8 nitrogen and oxygen atoms in total. The van der Waals surface area contributed by atoms with Crippen LogP contribution in [0.3, 0.4) is 0 Å². The predicted octanol–water partition coefficient (Wildman–Crippen LogP) is 2.88. The van der Waals surface area contributed by atoms with Gasteiger partial charge in [0.15, 0.2) is 16.7 Å². The maximum absolute atomic E-state index is 13.3. The SMILES string of the molecule is O=c1c2c3nc(nc4ccc([nH]4)c4c(=O)c(c5ccc([nH]c6ccc([nH]6)c1=CC=C2)[nH]5)=CC=C4)C=C3. The van der Waals surface area contributed by atoms with Crippen LogP contribution >= 0.6 is 0 Å². The topological polar surface area (TPSA) is 123 Å². The molecule has 4 aromatic rings. The van der Waals surface area contributed by atoms with Crippen LogP contribution in [0.2, 0.25) is 0 Å². The minimum atomic E-state index is -0.115. The van der Waals surface area contributed by atoms with E-state index in [1.54, 1.807) is 42.5 Å². The Bertz CT molecular complexity index is 2150. The number of hydrogen-bond donors (Lipinski definition) is 4. The molecule has 2 aliphatic carbocycles. The summed E-state index contributed by atoms with van der Waals surface area (Å²) in [5, 5.41) is 1.11. The van der Waals surface area contributed by atoms with E-state index >= 15 is 0 Å². The molecule has 4 N–H and O–H groups in total. The molecule has 0 radical (unpaired) electrons. The zero-order valence-electron chi connectivity index (χ0n) is 18.8. The van der Waals surface area contributed by atoms with Crippen LogP contribution in [0.5, 0.6) is 0 Å². The predicted molar refractivity (Wildman–Crippen MR) is 144 cm³/mol. The lowest BCUT2D eigenvalue weighted by atomic mass is 10.1. The standard InChI is InChI=1S/C28H18N6O2/c35-27-15-3-1-4-16(27)20-8-12-24(30-20)34-26-14-10-22(32-26)18-6-2-5-17(28(18)36)21-9-13-25(31-21)33-23-11-7-19(15)29-23/h1-14,29,31,33H,(H,30,32,34). The summed E-state index contributed by atoms with van der Waals surface area (Å²) in [6.45, 7) is 0. The van der Waals surface area contributed by atoms with Crippen LogP contribution in [0, 0.1) is 0 Å². The van der Waals surface area contributed by atoms with E-state index < -0.39 is 0 Å². The Kier molecular flexibility index (Phi) is 4.28. The molecule has 8 heteroatoms. The van der Waals surface area contributed by atoms with Crippen molar-refractivity contribution in [1.82, 2.24) is 29.9 Å². The fourth-order valence-corrected chi connectivity index (χ4v) is 4.60. The van der Waals surface area contributed by atoms with Crippen LogP contribution in [0.25, 0.3) is 69.9 Å². The summed E-state index contributed by atoms with van der Waals surface area (Å²) in [6.07, 6.45) is 14.4. The Balaban J connectivity index is 1.64. The second-order valence-electron chi connectivity index (χ2n) is 8.62. The molecule has 0 amide bonds. The van der Waals surface area contributed by atoms with Crippen LogP contribution in [0.15, 0.2) is 58.1 Å². The van der Waals surface area contributed by atoms with E-state index in [1.165, 1.54) is 0 Å². The van der Waals surface area contributed by atoms with E-state index in [0.717, 1.165) is 0 Å². The lowest BCUT2D eigenvalue weighted by molar-refractivity contribution is 1.18. The third-order valence-electron chi connectivity index (χ3n) is 6.35. The molecule has 12 bridgehead atoms. The molecule has 7 rings (SSSR count). The molecule has 0 fully saturated rings. The highest BCUT2D eigenvalue weighted by molar-refractivity contribution is 5.79. The zero-order chi connectivity index (χ0) is 24.2. The van der Waals surface area contributed by atoms with E-state index in [1.807, 2.05) is 42.5 Å².